The molecule has 4 nitrogen and oxygen atoms in total. The smallest absolute Gasteiger partial charge is 0.232 e. The van der Waals surface area contributed by atoms with Gasteiger partial charge in [-0.2, -0.15) is 0 Å². The molecule has 2 N–H and O–H groups in total. The summed E-state index contributed by atoms with van der Waals surface area (Å²) in [6.07, 6.45) is 1.13. The van der Waals surface area contributed by atoms with E-state index in [0.717, 1.165) is 6.42 Å². The molecule has 0 aromatic carbocycles. The van der Waals surface area contributed by atoms with E-state index in [0.29, 0.717) is 19.5 Å². The Morgan fingerprint density at radius 1 is 1.47 bits per heavy atom. The highest BCUT2D eigenvalue weighted by Crippen LogP contribution is 2.23. The van der Waals surface area contributed by atoms with Crippen molar-refractivity contribution in [3.8, 4) is 0 Å². The number of imide groups is 1. The molecule has 2 amide bonds. The van der Waals surface area contributed by atoms with E-state index in [1.165, 1.54) is 4.90 Å². The summed E-state index contributed by atoms with van der Waals surface area (Å²) in [5.41, 5.74) is 5.59. The number of amides is 2. The lowest BCUT2D eigenvalue weighted by molar-refractivity contribution is -0.139. The van der Waals surface area contributed by atoms with Gasteiger partial charge >= 0.3 is 0 Å². The molecule has 0 saturated carbocycles. The SMILES string of the molecule is CC1CC(=O)N(CCC(C)(C)CN)C1=O. The van der Waals surface area contributed by atoms with Gasteiger partial charge < -0.3 is 5.73 Å². The van der Waals surface area contributed by atoms with Crippen molar-refractivity contribution in [2.45, 2.75) is 33.6 Å². The number of carbonyl (C=O) groups is 2. The summed E-state index contributed by atoms with van der Waals surface area (Å²) < 4.78 is 0. The molecule has 1 fully saturated rings. The Labute approximate surface area is 90.8 Å². The molecule has 0 aliphatic carbocycles. The van der Waals surface area contributed by atoms with Gasteiger partial charge in [0.25, 0.3) is 0 Å². The van der Waals surface area contributed by atoms with E-state index < -0.39 is 0 Å². The van der Waals surface area contributed by atoms with E-state index >= 15 is 0 Å². The average Bonchev–Trinajstić information content (AvgIpc) is 2.39. The van der Waals surface area contributed by atoms with Gasteiger partial charge in [0.15, 0.2) is 0 Å². The van der Waals surface area contributed by atoms with Crippen molar-refractivity contribution in [2.75, 3.05) is 13.1 Å². The van der Waals surface area contributed by atoms with Crippen LogP contribution in [0.3, 0.4) is 0 Å². The molecule has 0 aromatic rings. The van der Waals surface area contributed by atoms with E-state index in [4.69, 9.17) is 5.73 Å². The number of nitrogens with two attached hydrogens (primary N) is 1. The molecule has 1 heterocycles. The molecule has 15 heavy (non-hydrogen) atoms. The summed E-state index contributed by atoms with van der Waals surface area (Å²) in [6, 6.07) is 0. The summed E-state index contributed by atoms with van der Waals surface area (Å²) in [5, 5.41) is 0. The van der Waals surface area contributed by atoms with E-state index in [1.807, 2.05) is 13.8 Å². The predicted molar refractivity (Wildman–Crippen MR) is 58.0 cm³/mol. The van der Waals surface area contributed by atoms with Gasteiger partial charge in [-0.25, -0.2) is 0 Å². The number of rotatable bonds is 4. The maximum absolute atomic E-state index is 11.6. The molecule has 4 heteroatoms. The van der Waals surface area contributed by atoms with Crippen LogP contribution in [0.25, 0.3) is 0 Å². The predicted octanol–water partition coefficient (Wildman–Crippen LogP) is 0.756. The van der Waals surface area contributed by atoms with Gasteiger partial charge in [0.05, 0.1) is 0 Å². The second-order valence-corrected chi connectivity index (χ2v) is 5.11. The maximum Gasteiger partial charge on any atom is 0.232 e. The highest BCUT2D eigenvalue weighted by Gasteiger charge is 2.35. The van der Waals surface area contributed by atoms with Crippen LogP contribution in [0.1, 0.15) is 33.6 Å². The topological polar surface area (TPSA) is 63.4 Å². The van der Waals surface area contributed by atoms with Gasteiger partial charge in [-0.1, -0.05) is 20.8 Å². The summed E-state index contributed by atoms with van der Waals surface area (Å²) in [4.78, 5) is 24.4. The number of nitrogens with zero attached hydrogens (tertiary/aromatic N) is 1. The number of hydrogen-bond acceptors (Lipinski definition) is 3. The lowest BCUT2D eigenvalue weighted by Crippen LogP contribution is -2.35. The third-order valence-electron chi connectivity index (χ3n) is 3.03. The number of hydrogen-bond donors (Lipinski definition) is 1. The minimum absolute atomic E-state index is 0.00755. The molecule has 1 atom stereocenters. The molecule has 86 valence electrons. The Balaban J connectivity index is 2.52. The fourth-order valence-electron chi connectivity index (χ4n) is 1.60. The fraction of sp³-hybridized carbons (Fsp3) is 0.818. The van der Waals surface area contributed by atoms with E-state index in [-0.39, 0.29) is 23.1 Å². The highest BCUT2D eigenvalue weighted by atomic mass is 16.2. The van der Waals surface area contributed by atoms with Crippen LogP contribution in [0.2, 0.25) is 0 Å². The fourth-order valence-corrected chi connectivity index (χ4v) is 1.60. The lowest BCUT2D eigenvalue weighted by Gasteiger charge is -2.25. The molecule has 0 aromatic heterocycles. The highest BCUT2D eigenvalue weighted by molar-refractivity contribution is 6.03. The molecule has 1 aliphatic heterocycles. The molecule has 1 rings (SSSR count). The van der Waals surface area contributed by atoms with Crippen molar-refractivity contribution in [1.82, 2.24) is 4.90 Å². The minimum Gasteiger partial charge on any atom is -0.330 e. The number of carbonyl (C=O) groups excluding carboxylic acids is 2. The van der Waals surface area contributed by atoms with Crippen molar-refractivity contribution in [2.24, 2.45) is 17.1 Å². The average molecular weight is 212 g/mol. The van der Waals surface area contributed by atoms with Gasteiger partial charge in [0.1, 0.15) is 0 Å². The zero-order valence-corrected chi connectivity index (χ0v) is 9.75. The third-order valence-corrected chi connectivity index (χ3v) is 3.03. The molecule has 1 aliphatic rings. The van der Waals surface area contributed by atoms with E-state index in [1.54, 1.807) is 6.92 Å². The summed E-state index contributed by atoms with van der Waals surface area (Å²) in [5.74, 6) is -0.216. The van der Waals surface area contributed by atoms with Crippen LogP contribution in [0, 0.1) is 11.3 Å². The standard InChI is InChI=1S/C11H20N2O2/c1-8-6-9(14)13(10(8)15)5-4-11(2,3)7-12/h8H,4-7,12H2,1-3H3. The van der Waals surface area contributed by atoms with Gasteiger partial charge in [-0.05, 0) is 18.4 Å². The quantitative estimate of drug-likeness (QED) is 0.700. The first kappa shape index (κ1) is 12.2. The van der Waals surface area contributed by atoms with Crippen molar-refractivity contribution < 1.29 is 9.59 Å². The van der Waals surface area contributed by atoms with Gasteiger partial charge in [0.2, 0.25) is 11.8 Å². The van der Waals surface area contributed by atoms with E-state index in [2.05, 4.69) is 0 Å². The van der Waals surface area contributed by atoms with Crippen LogP contribution in [0.4, 0.5) is 0 Å². The van der Waals surface area contributed by atoms with Crippen molar-refractivity contribution in [3.05, 3.63) is 0 Å². The monoisotopic (exact) mass is 212 g/mol. The van der Waals surface area contributed by atoms with Crippen LogP contribution < -0.4 is 5.73 Å². The van der Waals surface area contributed by atoms with E-state index in [9.17, 15) is 9.59 Å². The number of likely N-dealkylation sites (tertiary alicyclic amines) is 1. The van der Waals surface area contributed by atoms with Crippen molar-refractivity contribution in [1.29, 1.82) is 0 Å². The first-order valence-corrected chi connectivity index (χ1v) is 5.41. The molecule has 0 bridgehead atoms. The normalized spacial score (nSPS) is 22.7. The zero-order chi connectivity index (χ0) is 11.6. The van der Waals surface area contributed by atoms with Crippen molar-refractivity contribution in [3.63, 3.8) is 0 Å². The van der Waals surface area contributed by atoms with Crippen LogP contribution in [-0.2, 0) is 9.59 Å². The largest absolute Gasteiger partial charge is 0.330 e. The summed E-state index contributed by atoms with van der Waals surface area (Å²) in [6.45, 7) is 6.96. The first-order chi connectivity index (χ1) is 6.87. The second kappa shape index (κ2) is 4.31. The molecular formula is C11H20N2O2. The molecule has 1 saturated heterocycles. The van der Waals surface area contributed by atoms with Gasteiger partial charge in [-0.15, -0.1) is 0 Å². The second-order valence-electron chi connectivity index (χ2n) is 5.11. The molecule has 0 radical (unpaired) electrons. The van der Waals surface area contributed by atoms with Crippen LogP contribution in [0.5, 0.6) is 0 Å². The summed E-state index contributed by atoms with van der Waals surface area (Å²) >= 11 is 0. The van der Waals surface area contributed by atoms with Gasteiger partial charge in [0, 0.05) is 18.9 Å². The maximum atomic E-state index is 11.6. The van der Waals surface area contributed by atoms with Crippen LogP contribution in [0.15, 0.2) is 0 Å². The Bertz CT molecular complexity index is 274. The first-order valence-electron chi connectivity index (χ1n) is 5.41. The Hall–Kier alpha value is -0.900. The zero-order valence-electron chi connectivity index (χ0n) is 9.75. The third kappa shape index (κ3) is 2.78. The Morgan fingerprint density at radius 3 is 2.47 bits per heavy atom. The Morgan fingerprint density at radius 2 is 2.07 bits per heavy atom. The Kier molecular flexibility index (Phi) is 3.50. The molecular weight excluding hydrogens is 192 g/mol. The van der Waals surface area contributed by atoms with Crippen LogP contribution >= 0.6 is 0 Å². The minimum atomic E-state index is -0.140. The molecule has 0 spiro atoms. The van der Waals surface area contributed by atoms with Gasteiger partial charge in [-0.3, -0.25) is 14.5 Å². The van der Waals surface area contributed by atoms with Crippen LogP contribution in [-0.4, -0.2) is 29.8 Å². The molecule has 1 unspecified atom stereocenters. The van der Waals surface area contributed by atoms with Crippen molar-refractivity contribution >= 4 is 11.8 Å². The summed E-state index contributed by atoms with van der Waals surface area (Å²) in [7, 11) is 0. The lowest BCUT2D eigenvalue weighted by atomic mass is 9.89.